The lowest BCUT2D eigenvalue weighted by molar-refractivity contribution is 0.357. The third-order valence-electron chi connectivity index (χ3n) is 5.95. The molecule has 0 radical (unpaired) electrons. The Hall–Kier alpha value is -0.263. The molecule has 2 heteroatoms. The van der Waals surface area contributed by atoms with Crippen molar-refractivity contribution in [3.05, 3.63) is 0 Å². The minimum atomic E-state index is -1.49. The van der Waals surface area contributed by atoms with Crippen LogP contribution < -0.4 is 0 Å². The van der Waals surface area contributed by atoms with Crippen LogP contribution in [0.5, 0.6) is 0 Å². The molecule has 0 unspecified atom stereocenters. The smallest absolute Gasteiger partial charge is 0.188 e. The molecule has 0 bridgehead atoms. The van der Waals surface area contributed by atoms with Crippen molar-refractivity contribution in [2.45, 2.75) is 155 Å². The van der Waals surface area contributed by atoms with Gasteiger partial charge in [0.1, 0.15) is 0 Å². The lowest BCUT2D eigenvalue weighted by Crippen LogP contribution is -2.30. The van der Waals surface area contributed by atoms with E-state index in [0.717, 1.165) is 6.42 Å². The van der Waals surface area contributed by atoms with Gasteiger partial charge < -0.3 is 4.43 Å². The molecule has 0 aromatic heterocycles. The molecule has 0 aliphatic heterocycles. The molecule has 0 aromatic carbocycles. The second-order valence-corrected chi connectivity index (χ2v) is 13.9. The lowest BCUT2D eigenvalue weighted by Gasteiger charge is -2.21. The van der Waals surface area contributed by atoms with Crippen molar-refractivity contribution in [3.63, 3.8) is 0 Å². The van der Waals surface area contributed by atoms with E-state index in [1.807, 2.05) is 0 Å². The quantitative estimate of drug-likeness (QED) is 0.102. The summed E-state index contributed by atoms with van der Waals surface area (Å²) >= 11 is 0. The maximum Gasteiger partial charge on any atom is 0.188 e. The summed E-state index contributed by atoms with van der Waals surface area (Å²) in [7, 11) is -1.49. The Kier molecular flexibility index (Phi) is 22.2. The Labute approximate surface area is 186 Å². The molecule has 0 aliphatic carbocycles. The van der Waals surface area contributed by atoms with Crippen molar-refractivity contribution >= 4 is 8.32 Å². The van der Waals surface area contributed by atoms with Crippen LogP contribution in [0.15, 0.2) is 0 Å². The number of hydrogen-bond acceptors (Lipinski definition) is 1. The van der Waals surface area contributed by atoms with Crippen molar-refractivity contribution in [2.75, 3.05) is 6.61 Å². The monoisotopic (exact) mass is 422 g/mol. The Bertz CT molecular complexity index is 380. The van der Waals surface area contributed by atoms with Gasteiger partial charge in [-0.25, -0.2) is 0 Å². The van der Waals surface area contributed by atoms with Gasteiger partial charge in [-0.2, -0.15) is 0 Å². The van der Waals surface area contributed by atoms with Crippen molar-refractivity contribution in [2.24, 2.45) is 0 Å². The van der Waals surface area contributed by atoms with E-state index in [4.69, 9.17) is 4.43 Å². The topological polar surface area (TPSA) is 9.23 Å². The molecule has 0 amide bonds. The summed E-state index contributed by atoms with van der Waals surface area (Å²) in [6, 6.07) is 1.29. The second-order valence-electron chi connectivity index (χ2n) is 9.56. The van der Waals surface area contributed by atoms with Gasteiger partial charge in [0.25, 0.3) is 0 Å². The Balaban J connectivity index is 3.43. The van der Waals surface area contributed by atoms with Gasteiger partial charge in [-0.1, -0.05) is 129 Å². The highest BCUT2D eigenvalue weighted by molar-refractivity contribution is 6.71. The maximum absolute atomic E-state index is 6.16. The summed E-state index contributed by atoms with van der Waals surface area (Å²) in [6.45, 7) is 9.96. The van der Waals surface area contributed by atoms with Crippen LogP contribution in [0.25, 0.3) is 0 Å². The third kappa shape index (κ3) is 23.9. The van der Waals surface area contributed by atoms with E-state index in [0.29, 0.717) is 6.61 Å². The van der Waals surface area contributed by atoms with E-state index in [-0.39, 0.29) is 0 Å². The molecule has 0 aromatic rings. The minimum Gasteiger partial charge on any atom is -0.406 e. The minimum absolute atomic E-state index is 0.661. The summed E-state index contributed by atoms with van der Waals surface area (Å²) in [5.41, 5.74) is 0. The van der Waals surface area contributed by atoms with Gasteiger partial charge in [0, 0.05) is 6.42 Å². The van der Waals surface area contributed by atoms with Crippen LogP contribution in [0.2, 0.25) is 19.1 Å². The summed E-state index contributed by atoms with van der Waals surface area (Å²) in [4.78, 5) is 0. The first-order valence-electron chi connectivity index (χ1n) is 13.2. The molecule has 172 valence electrons. The average Bonchev–Trinajstić information content (AvgIpc) is 2.70. The molecule has 0 atom stereocenters. The van der Waals surface area contributed by atoms with Gasteiger partial charge in [0.05, 0.1) is 6.61 Å². The van der Waals surface area contributed by atoms with Crippen LogP contribution in [0.3, 0.4) is 0 Å². The Morgan fingerprint density at radius 2 is 0.931 bits per heavy atom. The van der Waals surface area contributed by atoms with Gasteiger partial charge in [0.2, 0.25) is 0 Å². The first-order chi connectivity index (χ1) is 14.1. The summed E-state index contributed by atoms with van der Waals surface area (Å²) < 4.78 is 6.16. The van der Waals surface area contributed by atoms with E-state index < -0.39 is 8.32 Å². The average molecular weight is 423 g/mol. The molecular weight excluding hydrogens is 368 g/mol. The predicted molar refractivity (Wildman–Crippen MR) is 135 cm³/mol. The zero-order valence-corrected chi connectivity index (χ0v) is 21.8. The van der Waals surface area contributed by atoms with Gasteiger partial charge in [-0.05, 0) is 25.6 Å². The van der Waals surface area contributed by atoms with Crippen molar-refractivity contribution in [1.29, 1.82) is 0 Å². The second kappa shape index (κ2) is 22.4. The van der Waals surface area contributed by atoms with E-state index in [2.05, 4.69) is 38.8 Å². The largest absolute Gasteiger partial charge is 0.406 e. The van der Waals surface area contributed by atoms with Gasteiger partial charge in [0.15, 0.2) is 8.32 Å². The predicted octanol–water partition coefficient (Wildman–Crippen LogP) is 9.66. The zero-order chi connectivity index (χ0) is 21.5. The maximum atomic E-state index is 6.16. The van der Waals surface area contributed by atoms with Gasteiger partial charge in [-0.15, -0.1) is 5.92 Å². The van der Waals surface area contributed by atoms with Gasteiger partial charge in [-0.3, -0.25) is 0 Å². The molecule has 0 heterocycles. The molecule has 0 N–H and O–H groups in total. The fraction of sp³-hybridized carbons (Fsp3) is 0.926. The highest BCUT2D eigenvalue weighted by Crippen LogP contribution is 2.18. The molecular formula is C27H54OSi. The SMILES string of the molecule is CCCCCCCCCCC#CCO[Si](C)(C)CCCCCCCCCCCC. The van der Waals surface area contributed by atoms with E-state index in [1.54, 1.807) is 0 Å². The van der Waals surface area contributed by atoms with E-state index >= 15 is 0 Å². The van der Waals surface area contributed by atoms with Gasteiger partial charge >= 0.3 is 0 Å². The molecule has 1 nitrogen and oxygen atoms in total. The molecule has 0 saturated carbocycles. The molecule has 0 aliphatic rings. The Morgan fingerprint density at radius 3 is 1.41 bits per heavy atom. The van der Waals surface area contributed by atoms with Crippen LogP contribution in [-0.2, 0) is 4.43 Å². The van der Waals surface area contributed by atoms with E-state index in [1.165, 1.54) is 122 Å². The molecule has 0 rings (SSSR count). The van der Waals surface area contributed by atoms with Crippen LogP contribution in [0.4, 0.5) is 0 Å². The number of rotatable bonds is 21. The van der Waals surface area contributed by atoms with E-state index in [9.17, 15) is 0 Å². The van der Waals surface area contributed by atoms with Crippen LogP contribution in [0, 0.1) is 11.8 Å². The first-order valence-corrected chi connectivity index (χ1v) is 16.3. The van der Waals surface area contributed by atoms with Crippen LogP contribution in [0.1, 0.15) is 136 Å². The summed E-state index contributed by atoms with van der Waals surface area (Å²) in [6.07, 6.45) is 26.2. The van der Waals surface area contributed by atoms with Crippen LogP contribution in [-0.4, -0.2) is 14.9 Å². The highest BCUT2D eigenvalue weighted by atomic mass is 28.4. The fourth-order valence-electron chi connectivity index (χ4n) is 3.83. The normalized spacial score (nSPS) is 11.4. The first kappa shape index (κ1) is 28.7. The zero-order valence-electron chi connectivity index (χ0n) is 20.8. The molecule has 0 fully saturated rings. The number of hydrogen-bond donors (Lipinski definition) is 0. The Morgan fingerprint density at radius 1 is 0.517 bits per heavy atom. The molecule has 0 spiro atoms. The standard InChI is InChI=1S/C27H54OSi/c1-5-7-9-11-13-15-17-18-20-22-24-26-28-29(3,4)27-25-23-21-19-16-14-12-10-8-6-2/h5-21,23,25-27H2,1-4H3. The molecule has 29 heavy (non-hydrogen) atoms. The third-order valence-corrected chi connectivity index (χ3v) is 8.43. The highest BCUT2D eigenvalue weighted by Gasteiger charge is 2.20. The van der Waals surface area contributed by atoms with Crippen molar-refractivity contribution < 1.29 is 4.43 Å². The summed E-state index contributed by atoms with van der Waals surface area (Å²) in [5.74, 6) is 6.59. The van der Waals surface area contributed by atoms with Crippen molar-refractivity contribution in [1.82, 2.24) is 0 Å². The molecule has 0 saturated heterocycles. The van der Waals surface area contributed by atoms with Crippen molar-refractivity contribution in [3.8, 4) is 11.8 Å². The lowest BCUT2D eigenvalue weighted by atomic mass is 10.1. The van der Waals surface area contributed by atoms with Crippen LogP contribution >= 0.6 is 0 Å². The summed E-state index contributed by atoms with van der Waals surface area (Å²) in [5, 5.41) is 0. The number of unbranched alkanes of at least 4 members (excludes halogenated alkanes) is 17. The fourth-order valence-corrected chi connectivity index (χ4v) is 5.54.